The van der Waals surface area contributed by atoms with Crippen molar-refractivity contribution in [2.75, 3.05) is 150 Å². The van der Waals surface area contributed by atoms with Crippen LogP contribution in [-0.4, -0.2) is 198 Å². The highest BCUT2D eigenvalue weighted by molar-refractivity contribution is 5.87. The van der Waals surface area contributed by atoms with Crippen molar-refractivity contribution in [2.24, 2.45) is 0 Å². The number of carbonyl (C=O) groups excluding carboxylic acids is 3. The maximum absolute atomic E-state index is 12.9. The molecule has 1 unspecified atom stereocenters. The van der Waals surface area contributed by atoms with E-state index in [1.165, 1.54) is 0 Å². The molecule has 2 aromatic heterocycles. The minimum absolute atomic E-state index is 0.103. The van der Waals surface area contributed by atoms with Crippen LogP contribution in [0.3, 0.4) is 0 Å². The summed E-state index contributed by atoms with van der Waals surface area (Å²) in [4.78, 5) is 50.1. The number of carbonyl (C=O) groups is 3. The first-order chi connectivity index (χ1) is 32.7. The van der Waals surface area contributed by atoms with Gasteiger partial charge >= 0.3 is 0 Å². The number of hydrogen-bond donors (Lipinski definition) is 4. The van der Waals surface area contributed by atoms with Crippen LogP contribution in [0.25, 0.3) is 11.0 Å². The molecule has 1 saturated heterocycles. The number of nitrogens with one attached hydrogen (secondary N) is 2. The van der Waals surface area contributed by atoms with Crippen molar-refractivity contribution in [2.45, 2.75) is 71.2 Å². The number of methoxy groups -OCH3 is 1. The quantitative estimate of drug-likeness (QED) is 0.0368. The Balaban J connectivity index is 0.941. The van der Waals surface area contributed by atoms with Gasteiger partial charge in [-0.2, -0.15) is 4.98 Å². The smallest absolute Gasteiger partial charge is 0.224 e. The van der Waals surface area contributed by atoms with E-state index >= 15 is 0 Å². The van der Waals surface area contributed by atoms with Gasteiger partial charge in [0, 0.05) is 77.0 Å². The fourth-order valence-electron chi connectivity index (χ4n) is 7.31. The number of hydrogen-bond acceptors (Lipinski definition) is 17. The third kappa shape index (κ3) is 21.5. The molecule has 0 radical (unpaired) electrons. The number of piperazine rings is 1. The lowest BCUT2D eigenvalue weighted by Crippen LogP contribution is -2.48. The maximum atomic E-state index is 12.9. The second-order valence-corrected chi connectivity index (χ2v) is 16.3. The molecule has 3 heterocycles. The van der Waals surface area contributed by atoms with Crippen LogP contribution >= 0.6 is 0 Å². The van der Waals surface area contributed by atoms with Crippen molar-refractivity contribution in [3.63, 3.8) is 0 Å². The molecule has 5 N–H and O–H groups in total. The van der Waals surface area contributed by atoms with Crippen molar-refractivity contribution in [1.29, 1.82) is 0 Å². The van der Waals surface area contributed by atoms with Gasteiger partial charge < -0.3 is 68.9 Å². The van der Waals surface area contributed by atoms with Gasteiger partial charge in [-0.15, -0.1) is 0 Å². The number of amides is 2. The molecule has 2 amide bonds. The Morgan fingerprint density at radius 3 is 2.10 bits per heavy atom. The normalized spacial score (nSPS) is 13.7. The number of unbranched alkanes of at least 4 members (excludes halogenated alkanes) is 2. The third-order valence-corrected chi connectivity index (χ3v) is 11.2. The third-order valence-electron chi connectivity index (χ3n) is 11.2. The van der Waals surface area contributed by atoms with Crippen molar-refractivity contribution in [3.05, 3.63) is 41.6 Å². The average molecular weight is 944 g/mol. The predicted molar refractivity (Wildman–Crippen MR) is 255 cm³/mol. The van der Waals surface area contributed by atoms with Gasteiger partial charge in [-0.1, -0.05) is 31.9 Å². The minimum atomic E-state index is -0.738. The highest BCUT2D eigenvalue weighted by Crippen LogP contribution is 2.28. The number of ether oxygens (including phenoxy) is 7. The van der Waals surface area contributed by atoms with Gasteiger partial charge in [0.25, 0.3) is 0 Å². The van der Waals surface area contributed by atoms with E-state index in [1.54, 1.807) is 19.1 Å². The molecule has 1 aliphatic rings. The number of aldehydes is 1. The first-order valence-electron chi connectivity index (χ1n) is 23.8. The van der Waals surface area contributed by atoms with E-state index in [0.29, 0.717) is 125 Å². The predicted octanol–water partition coefficient (Wildman–Crippen LogP) is 2.54. The molecule has 0 saturated carbocycles. The fourth-order valence-corrected chi connectivity index (χ4v) is 7.31. The summed E-state index contributed by atoms with van der Waals surface area (Å²) in [5.74, 6) is 1.80. The Labute approximate surface area is 396 Å². The van der Waals surface area contributed by atoms with Crippen LogP contribution in [0.2, 0.25) is 0 Å². The van der Waals surface area contributed by atoms with Gasteiger partial charge in [0.1, 0.15) is 23.8 Å². The van der Waals surface area contributed by atoms with Gasteiger partial charge in [0.2, 0.25) is 17.8 Å². The molecule has 20 heteroatoms. The largest absolute Gasteiger partial charge is 0.496 e. The number of nitrogen functional groups attached to an aromatic ring is 1. The average Bonchev–Trinajstić information content (AvgIpc) is 3.74. The molecule has 1 aromatic carbocycles. The summed E-state index contributed by atoms with van der Waals surface area (Å²) in [7, 11) is 3.42. The summed E-state index contributed by atoms with van der Waals surface area (Å²) in [6.45, 7) is 13.2. The summed E-state index contributed by atoms with van der Waals surface area (Å²) in [5.41, 5.74) is 9.96. The first-order valence-corrected chi connectivity index (χ1v) is 23.8. The summed E-state index contributed by atoms with van der Waals surface area (Å²) in [6.07, 6.45) is 6.62. The number of rotatable bonds is 38. The Morgan fingerprint density at radius 1 is 0.836 bits per heavy atom. The highest BCUT2D eigenvalue weighted by atomic mass is 16.6. The van der Waals surface area contributed by atoms with E-state index in [9.17, 15) is 19.5 Å². The van der Waals surface area contributed by atoms with Crippen LogP contribution in [0.4, 0.5) is 11.8 Å². The summed E-state index contributed by atoms with van der Waals surface area (Å²) in [5, 5.41) is 16.1. The summed E-state index contributed by atoms with van der Waals surface area (Å²) in [6, 6.07) is 8.35. The molecule has 1 aliphatic heterocycles. The number of benzene rings is 1. The molecule has 1 atom stereocenters. The Morgan fingerprint density at radius 2 is 1.48 bits per heavy atom. The molecule has 0 aliphatic carbocycles. The number of aliphatic hydroxyl groups excluding tert-OH is 1. The van der Waals surface area contributed by atoms with Crippen LogP contribution in [0.15, 0.2) is 30.5 Å². The van der Waals surface area contributed by atoms with Crippen molar-refractivity contribution in [1.82, 2.24) is 34.6 Å². The molecule has 376 valence electrons. The number of anilines is 2. The molecule has 3 aromatic rings. The highest BCUT2D eigenvalue weighted by Gasteiger charge is 2.22. The van der Waals surface area contributed by atoms with E-state index in [-0.39, 0.29) is 30.6 Å². The summed E-state index contributed by atoms with van der Waals surface area (Å²) < 4.78 is 41.2. The Bertz CT molecular complexity index is 1850. The first kappa shape index (κ1) is 55.1. The maximum Gasteiger partial charge on any atom is 0.224 e. The lowest BCUT2D eigenvalue weighted by atomic mass is 10.1. The summed E-state index contributed by atoms with van der Waals surface area (Å²) >= 11 is 0. The molecular formula is C47H77N9O11. The zero-order valence-corrected chi connectivity index (χ0v) is 40.1. The van der Waals surface area contributed by atoms with Crippen LogP contribution in [0.1, 0.15) is 63.0 Å². The second-order valence-electron chi connectivity index (χ2n) is 16.3. The fraction of sp³-hybridized carbons (Fsp3) is 0.681. The number of aliphatic hydroxyl groups is 1. The molecule has 0 spiro atoms. The van der Waals surface area contributed by atoms with Crippen molar-refractivity contribution in [3.8, 4) is 5.75 Å². The lowest BCUT2D eigenvalue weighted by Gasteiger charge is -2.35. The zero-order chi connectivity index (χ0) is 47.9. The van der Waals surface area contributed by atoms with E-state index in [4.69, 9.17) is 38.9 Å². The van der Waals surface area contributed by atoms with Crippen LogP contribution in [0, 0.1) is 0 Å². The van der Waals surface area contributed by atoms with Crippen LogP contribution in [-0.2, 0) is 55.9 Å². The van der Waals surface area contributed by atoms with Gasteiger partial charge in [-0.25, -0.2) is 4.98 Å². The minimum Gasteiger partial charge on any atom is -0.496 e. The molecular weight excluding hydrogens is 867 g/mol. The number of aromatic nitrogens is 3. The Kier molecular flexibility index (Phi) is 27.2. The lowest BCUT2D eigenvalue weighted by molar-refractivity contribution is -0.134. The van der Waals surface area contributed by atoms with E-state index in [0.717, 1.165) is 85.5 Å². The van der Waals surface area contributed by atoms with Crippen molar-refractivity contribution >= 4 is 40.9 Å². The molecule has 67 heavy (non-hydrogen) atoms. The van der Waals surface area contributed by atoms with E-state index in [1.807, 2.05) is 17.2 Å². The zero-order valence-electron chi connectivity index (χ0n) is 40.1. The van der Waals surface area contributed by atoms with Gasteiger partial charge in [0.15, 0.2) is 5.82 Å². The number of nitrogens with zero attached hydrogens (tertiary/aromatic N) is 6. The second kappa shape index (κ2) is 33.1. The standard InChI is InChI=1S/C47H77N9O11/c1-4-5-6-14-50-46-45-40(51-47(48)52-46)11-17-56(45)37-39-10-9-38(35-41(39)61-3)36-54-18-20-55(21-19-54)44(60)13-23-62-25-27-64-29-31-66-33-34-67-32-30-65-28-26-63-24-15-49-42(58)12-16-53(2)43(59)8-7-22-57/h9-11,17,22,35,43,59H,4-8,12-16,18-21,23-34,36-37H2,1-3H3,(H,49,58)(H3,48,50,51,52). The van der Waals surface area contributed by atoms with E-state index in [2.05, 4.69) is 55.2 Å². The molecule has 4 rings (SSSR count). The van der Waals surface area contributed by atoms with E-state index < -0.39 is 6.23 Å². The number of fused-ring (bicyclic) bond motifs is 1. The van der Waals surface area contributed by atoms with Crippen molar-refractivity contribution < 1.29 is 52.6 Å². The molecule has 0 bridgehead atoms. The van der Waals surface area contributed by atoms with Gasteiger partial charge in [-0.05, 0) is 37.6 Å². The molecule has 1 fully saturated rings. The van der Waals surface area contributed by atoms with Gasteiger partial charge in [0.05, 0.1) is 105 Å². The molecule has 20 nitrogen and oxygen atoms in total. The van der Waals surface area contributed by atoms with Crippen LogP contribution in [0.5, 0.6) is 5.75 Å². The Hall–Kier alpha value is -4.51. The topological polar surface area (TPSA) is 227 Å². The SMILES string of the molecule is CCCCCNc1nc(N)nc2ccn(Cc3ccc(CN4CCN(C(=O)CCOCCOCCOCCOCCOCCOCCNC(=O)CCN(C)C(O)CCC=O)CC4)cc3OC)c12. The van der Waals surface area contributed by atoms with Gasteiger partial charge in [-0.3, -0.25) is 19.4 Å². The number of nitrogens with two attached hydrogens (primary N) is 1. The monoisotopic (exact) mass is 944 g/mol. The van der Waals surface area contributed by atoms with Crippen LogP contribution < -0.4 is 21.1 Å².